The second kappa shape index (κ2) is 6.70. The van der Waals surface area contributed by atoms with Crippen molar-refractivity contribution in [2.45, 2.75) is 25.5 Å². The molecule has 3 aromatic rings. The maximum Gasteiger partial charge on any atom is 0.181 e. The lowest BCUT2D eigenvalue weighted by atomic mass is 10.0. The van der Waals surface area contributed by atoms with E-state index in [0.717, 1.165) is 26.7 Å². The Morgan fingerprint density at radius 3 is 2.67 bits per heavy atom. The van der Waals surface area contributed by atoms with Crippen LogP contribution in [0.3, 0.4) is 0 Å². The standard InChI is InChI=1S/C18H17BrN2O2S/c1-18(2,3)24(22)20-11-12-7-4-5-8-13(12)16-14-9-6-10-15(19)17(14)23-21-16/h4-11H,1-3H3/b20-11+. The Bertz CT molecular complexity index is 899. The molecule has 0 saturated carbocycles. The van der Waals surface area contributed by atoms with Gasteiger partial charge in [0.25, 0.3) is 0 Å². The molecular weight excluding hydrogens is 388 g/mol. The molecule has 0 radical (unpaired) electrons. The molecule has 0 aliphatic rings. The van der Waals surface area contributed by atoms with Crippen LogP contribution in [0.25, 0.3) is 22.2 Å². The summed E-state index contributed by atoms with van der Waals surface area (Å²) in [5.74, 6) is 0. The SMILES string of the molecule is CC(C)(C)[S+]([O-])/N=C/c1ccccc1-c1noc2c(Br)cccc12. The lowest BCUT2D eigenvalue weighted by Gasteiger charge is -2.17. The van der Waals surface area contributed by atoms with E-state index >= 15 is 0 Å². The van der Waals surface area contributed by atoms with Gasteiger partial charge in [-0.3, -0.25) is 0 Å². The maximum absolute atomic E-state index is 12.2. The van der Waals surface area contributed by atoms with Crippen molar-refractivity contribution in [2.24, 2.45) is 4.40 Å². The van der Waals surface area contributed by atoms with Crippen molar-refractivity contribution in [1.29, 1.82) is 0 Å². The van der Waals surface area contributed by atoms with Crippen LogP contribution >= 0.6 is 15.9 Å². The number of fused-ring (bicyclic) bond motifs is 1. The second-order valence-electron chi connectivity index (χ2n) is 6.33. The molecule has 124 valence electrons. The Kier molecular flexibility index (Phi) is 4.80. The number of hydrogen-bond donors (Lipinski definition) is 0. The van der Waals surface area contributed by atoms with Crippen molar-refractivity contribution in [3.63, 3.8) is 0 Å². The zero-order chi connectivity index (χ0) is 17.3. The van der Waals surface area contributed by atoms with Crippen LogP contribution in [0.5, 0.6) is 0 Å². The summed E-state index contributed by atoms with van der Waals surface area (Å²) >= 11 is 2.17. The largest absolute Gasteiger partial charge is 0.591 e. The number of rotatable bonds is 3. The van der Waals surface area contributed by atoms with Gasteiger partial charge < -0.3 is 9.08 Å². The fourth-order valence-corrected chi connectivity index (χ4v) is 3.17. The fraction of sp³-hybridized carbons (Fsp3) is 0.222. The summed E-state index contributed by atoms with van der Waals surface area (Å²) in [5.41, 5.74) is 3.20. The highest BCUT2D eigenvalue weighted by atomic mass is 79.9. The van der Waals surface area contributed by atoms with Crippen LogP contribution in [0.15, 0.2) is 55.9 Å². The molecule has 0 N–H and O–H groups in total. The zero-order valence-corrected chi connectivity index (χ0v) is 16.0. The molecule has 4 nitrogen and oxygen atoms in total. The van der Waals surface area contributed by atoms with Crippen LogP contribution in [-0.4, -0.2) is 20.7 Å². The number of halogens is 1. The number of para-hydroxylation sites is 1. The first kappa shape index (κ1) is 17.2. The van der Waals surface area contributed by atoms with Gasteiger partial charge >= 0.3 is 0 Å². The number of benzene rings is 2. The van der Waals surface area contributed by atoms with E-state index in [0.29, 0.717) is 5.58 Å². The van der Waals surface area contributed by atoms with Crippen LogP contribution < -0.4 is 0 Å². The molecule has 2 aromatic carbocycles. The summed E-state index contributed by atoms with van der Waals surface area (Å²) in [7, 11) is 0. The van der Waals surface area contributed by atoms with Gasteiger partial charge in [-0.25, -0.2) is 0 Å². The number of aromatic nitrogens is 1. The third-order valence-corrected chi connectivity index (χ3v) is 5.45. The van der Waals surface area contributed by atoms with Crippen molar-refractivity contribution >= 4 is 44.5 Å². The first-order valence-electron chi connectivity index (χ1n) is 7.47. The van der Waals surface area contributed by atoms with Crippen molar-refractivity contribution in [3.05, 3.63) is 52.5 Å². The lowest BCUT2D eigenvalue weighted by Crippen LogP contribution is -2.25. The van der Waals surface area contributed by atoms with Gasteiger partial charge in [0.1, 0.15) is 21.8 Å². The number of nitrogens with zero attached hydrogens (tertiary/aromatic N) is 2. The maximum atomic E-state index is 12.2. The Hall–Kier alpha value is -1.63. The Morgan fingerprint density at radius 1 is 1.17 bits per heavy atom. The van der Waals surface area contributed by atoms with Crippen LogP contribution in [0, 0.1) is 0 Å². The molecule has 0 bridgehead atoms. The first-order chi connectivity index (χ1) is 11.4. The van der Waals surface area contributed by atoms with E-state index in [9.17, 15) is 4.55 Å². The minimum Gasteiger partial charge on any atom is -0.591 e. The summed E-state index contributed by atoms with van der Waals surface area (Å²) in [6, 6.07) is 13.6. The van der Waals surface area contributed by atoms with Gasteiger partial charge in [-0.1, -0.05) is 39.9 Å². The van der Waals surface area contributed by atoms with Crippen molar-refractivity contribution < 1.29 is 9.08 Å². The third kappa shape index (κ3) is 3.41. The average molecular weight is 405 g/mol. The summed E-state index contributed by atoms with van der Waals surface area (Å²) in [6.07, 6.45) is 1.65. The molecule has 0 amide bonds. The minimum absolute atomic E-state index is 0.392. The fourth-order valence-electron chi connectivity index (χ4n) is 2.21. The van der Waals surface area contributed by atoms with E-state index in [1.54, 1.807) is 6.21 Å². The van der Waals surface area contributed by atoms with Gasteiger partial charge in [0, 0.05) is 11.1 Å². The molecule has 1 aromatic heterocycles. The molecule has 1 atom stereocenters. The van der Waals surface area contributed by atoms with Crippen LogP contribution in [0.1, 0.15) is 26.3 Å². The van der Waals surface area contributed by atoms with E-state index < -0.39 is 16.1 Å². The van der Waals surface area contributed by atoms with Crippen molar-refractivity contribution in [1.82, 2.24) is 5.16 Å². The van der Waals surface area contributed by atoms with E-state index in [2.05, 4.69) is 25.5 Å². The van der Waals surface area contributed by atoms with Crippen LogP contribution in [-0.2, 0) is 11.4 Å². The van der Waals surface area contributed by atoms with Gasteiger partial charge in [-0.15, -0.1) is 0 Å². The molecule has 24 heavy (non-hydrogen) atoms. The molecule has 0 spiro atoms. The average Bonchev–Trinajstić information content (AvgIpc) is 2.97. The number of hydrogen-bond acceptors (Lipinski definition) is 4. The molecular formula is C18H17BrN2O2S. The highest BCUT2D eigenvalue weighted by molar-refractivity contribution is 9.10. The molecule has 0 aliphatic carbocycles. The first-order valence-corrected chi connectivity index (χ1v) is 9.37. The van der Waals surface area contributed by atoms with E-state index in [-0.39, 0.29) is 0 Å². The minimum atomic E-state index is -1.31. The molecule has 1 unspecified atom stereocenters. The molecule has 6 heteroatoms. The van der Waals surface area contributed by atoms with Crippen molar-refractivity contribution in [3.8, 4) is 11.3 Å². The van der Waals surface area contributed by atoms with E-state index in [1.807, 2.05) is 63.2 Å². The Labute approximate surface area is 152 Å². The van der Waals surface area contributed by atoms with Crippen LogP contribution in [0.4, 0.5) is 0 Å². The smallest absolute Gasteiger partial charge is 0.181 e. The third-order valence-electron chi connectivity index (χ3n) is 3.48. The quantitative estimate of drug-likeness (QED) is 0.448. The molecule has 3 rings (SSSR count). The summed E-state index contributed by atoms with van der Waals surface area (Å²) < 4.78 is 22.3. The lowest BCUT2D eigenvalue weighted by molar-refractivity contribution is 0.458. The molecule has 0 fully saturated rings. The predicted molar refractivity (Wildman–Crippen MR) is 103 cm³/mol. The molecule has 0 aliphatic heterocycles. The summed E-state index contributed by atoms with van der Waals surface area (Å²) in [4.78, 5) is 0. The van der Waals surface area contributed by atoms with Gasteiger partial charge in [0.2, 0.25) is 0 Å². The van der Waals surface area contributed by atoms with Gasteiger partial charge in [-0.2, -0.15) is 0 Å². The Balaban J connectivity index is 2.06. The van der Waals surface area contributed by atoms with Gasteiger partial charge in [-0.05, 0) is 48.8 Å². The summed E-state index contributed by atoms with van der Waals surface area (Å²) in [5, 5.41) is 5.14. The topological polar surface area (TPSA) is 61.5 Å². The highest BCUT2D eigenvalue weighted by Crippen LogP contribution is 2.33. The van der Waals surface area contributed by atoms with E-state index in [4.69, 9.17) is 4.52 Å². The zero-order valence-electron chi connectivity index (χ0n) is 13.6. The molecule has 1 heterocycles. The van der Waals surface area contributed by atoms with Gasteiger partial charge in [0.05, 0.1) is 16.1 Å². The highest BCUT2D eigenvalue weighted by Gasteiger charge is 2.26. The van der Waals surface area contributed by atoms with Crippen LogP contribution in [0.2, 0.25) is 0 Å². The Morgan fingerprint density at radius 2 is 1.92 bits per heavy atom. The van der Waals surface area contributed by atoms with E-state index in [1.165, 1.54) is 0 Å². The predicted octanol–water partition coefficient (Wildman–Crippen LogP) is 5.14. The monoisotopic (exact) mass is 404 g/mol. The molecule has 0 saturated heterocycles. The van der Waals surface area contributed by atoms with Crippen molar-refractivity contribution in [2.75, 3.05) is 0 Å². The summed E-state index contributed by atoms with van der Waals surface area (Å²) in [6.45, 7) is 5.69. The second-order valence-corrected chi connectivity index (χ2v) is 9.12. The normalized spacial score (nSPS) is 13.7. The van der Waals surface area contributed by atoms with Gasteiger partial charge in [0.15, 0.2) is 5.58 Å².